The number of likely N-dealkylation sites (tertiary alicyclic amines) is 1. The van der Waals surface area contributed by atoms with Crippen molar-refractivity contribution in [2.24, 2.45) is 7.05 Å². The number of benzene rings is 1. The Kier molecular flexibility index (Phi) is 3.53. The van der Waals surface area contributed by atoms with Gasteiger partial charge in [0.25, 0.3) is 5.91 Å². The predicted molar refractivity (Wildman–Crippen MR) is 83.3 cm³/mol. The molecule has 0 unspecified atom stereocenters. The Morgan fingerprint density at radius 2 is 1.86 bits per heavy atom. The normalized spacial score (nSPS) is 14.7. The fourth-order valence-corrected chi connectivity index (χ4v) is 3.01. The number of hydrogen-bond acceptors (Lipinski definition) is 2. The molecule has 21 heavy (non-hydrogen) atoms. The van der Waals surface area contributed by atoms with Crippen molar-refractivity contribution in [3.05, 3.63) is 41.1 Å². The van der Waals surface area contributed by atoms with Crippen molar-refractivity contribution in [2.75, 3.05) is 13.1 Å². The Morgan fingerprint density at radius 1 is 1.14 bits per heavy atom. The molecule has 110 valence electrons. The SMILES string of the molecule is Cc1ccc(-c2cc(C(=O)N3CCCC3)nn2C)c(C)c1. The van der Waals surface area contributed by atoms with Gasteiger partial charge < -0.3 is 4.90 Å². The first-order valence-electron chi connectivity index (χ1n) is 7.47. The molecule has 1 aliphatic rings. The molecule has 1 saturated heterocycles. The largest absolute Gasteiger partial charge is 0.337 e. The number of carbonyl (C=O) groups is 1. The average Bonchev–Trinajstić information content (AvgIpc) is 3.08. The highest BCUT2D eigenvalue weighted by atomic mass is 16.2. The zero-order chi connectivity index (χ0) is 15.0. The topological polar surface area (TPSA) is 38.1 Å². The van der Waals surface area contributed by atoms with E-state index in [1.165, 1.54) is 11.1 Å². The van der Waals surface area contributed by atoms with Crippen LogP contribution in [0, 0.1) is 13.8 Å². The molecule has 4 heteroatoms. The van der Waals surface area contributed by atoms with Crippen molar-refractivity contribution in [1.29, 1.82) is 0 Å². The lowest BCUT2D eigenvalue weighted by Crippen LogP contribution is -2.28. The van der Waals surface area contributed by atoms with Gasteiger partial charge in [-0.15, -0.1) is 0 Å². The Hall–Kier alpha value is -2.10. The van der Waals surface area contributed by atoms with Crippen LogP contribution in [-0.4, -0.2) is 33.7 Å². The van der Waals surface area contributed by atoms with E-state index in [9.17, 15) is 4.79 Å². The van der Waals surface area contributed by atoms with Crippen LogP contribution in [0.5, 0.6) is 0 Å². The van der Waals surface area contributed by atoms with E-state index in [1.54, 1.807) is 4.68 Å². The van der Waals surface area contributed by atoms with Gasteiger partial charge in [-0.05, 0) is 38.3 Å². The predicted octanol–water partition coefficient (Wildman–Crippen LogP) is 2.94. The van der Waals surface area contributed by atoms with Crippen molar-refractivity contribution in [3.8, 4) is 11.3 Å². The van der Waals surface area contributed by atoms with Gasteiger partial charge in [0.05, 0.1) is 5.69 Å². The maximum Gasteiger partial charge on any atom is 0.274 e. The van der Waals surface area contributed by atoms with E-state index in [0.717, 1.165) is 37.2 Å². The van der Waals surface area contributed by atoms with Gasteiger partial charge in [0.15, 0.2) is 5.69 Å². The van der Waals surface area contributed by atoms with Gasteiger partial charge in [-0.25, -0.2) is 0 Å². The molecule has 0 atom stereocenters. The van der Waals surface area contributed by atoms with E-state index in [0.29, 0.717) is 5.69 Å². The fourth-order valence-electron chi connectivity index (χ4n) is 3.01. The molecule has 1 aliphatic heterocycles. The summed E-state index contributed by atoms with van der Waals surface area (Å²) in [5.41, 5.74) is 5.13. The summed E-state index contributed by atoms with van der Waals surface area (Å²) in [7, 11) is 1.90. The van der Waals surface area contributed by atoms with Crippen LogP contribution < -0.4 is 0 Å². The second kappa shape index (κ2) is 5.35. The molecule has 0 saturated carbocycles. The molecule has 4 nitrogen and oxygen atoms in total. The zero-order valence-electron chi connectivity index (χ0n) is 12.9. The number of amides is 1. The van der Waals surface area contributed by atoms with Crippen LogP contribution in [-0.2, 0) is 7.05 Å². The molecule has 2 heterocycles. The van der Waals surface area contributed by atoms with Crippen LogP contribution in [0.1, 0.15) is 34.5 Å². The first kappa shape index (κ1) is 13.9. The van der Waals surface area contributed by atoms with Crippen molar-refractivity contribution < 1.29 is 4.79 Å². The van der Waals surface area contributed by atoms with Crippen LogP contribution in [0.25, 0.3) is 11.3 Å². The van der Waals surface area contributed by atoms with Crippen LogP contribution in [0.15, 0.2) is 24.3 Å². The van der Waals surface area contributed by atoms with E-state index < -0.39 is 0 Å². The van der Waals surface area contributed by atoms with Gasteiger partial charge in [0, 0.05) is 25.7 Å². The van der Waals surface area contributed by atoms with E-state index in [4.69, 9.17) is 0 Å². The van der Waals surface area contributed by atoms with Gasteiger partial charge in [-0.1, -0.05) is 23.8 Å². The molecule has 0 aliphatic carbocycles. The molecule has 0 spiro atoms. The number of rotatable bonds is 2. The standard InChI is InChI=1S/C17H21N3O/c1-12-6-7-14(13(2)10-12)16-11-15(18-19(16)3)17(21)20-8-4-5-9-20/h6-7,10-11H,4-5,8-9H2,1-3H3. The molecule has 1 aromatic heterocycles. The Morgan fingerprint density at radius 3 is 2.52 bits per heavy atom. The van der Waals surface area contributed by atoms with Gasteiger partial charge in [-0.3, -0.25) is 9.48 Å². The number of aromatic nitrogens is 2. The van der Waals surface area contributed by atoms with E-state index in [2.05, 4.69) is 37.1 Å². The molecule has 0 bridgehead atoms. The number of hydrogen-bond donors (Lipinski definition) is 0. The number of aryl methyl sites for hydroxylation is 3. The number of nitrogens with zero attached hydrogens (tertiary/aromatic N) is 3. The lowest BCUT2D eigenvalue weighted by Gasteiger charge is -2.12. The van der Waals surface area contributed by atoms with Crippen molar-refractivity contribution in [1.82, 2.24) is 14.7 Å². The van der Waals surface area contributed by atoms with E-state index >= 15 is 0 Å². The summed E-state index contributed by atoms with van der Waals surface area (Å²) in [6.45, 7) is 5.89. The van der Waals surface area contributed by atoms with Crippen LogP contribution in [0.4, 0.5) is 0 Å². The summed E-state index contributed by atoms with van der Waals surface area (Å²) in [6.07, 6.45) is 2.20. The Labute approximate surface area is 125 Å². The van der Waals surface area contributed by atoms with E-state index in [1.807, 2.05) is 18.0 Å². The maximum atomic E-state index is 12.4. The minimum atomic E-state index is 0.0547. The summed E-state index contributed by atoms with van der Waals surface area (Å²) in [5, 5.41) is 4.42. The molecule has 1 fully saturated rings. The summed E-state index contributed by atoms with van der Waals surface area (Å²) in [4.78, 5) is 14.3. The summed E-state index contributed by atoms with van der Waals surface area (Å²) in [6, 6.07) is 8.27. The second-order valence-electron chi connectivity index (χ2n) is 5.86. The zero-order valence-corrected chi connectivity index (χ0v) is 12.9. The molecular weight excluding hydrogens is 262 g/mol. The van der Waals surface area contributed by atoms with Crippen molar-refractivity contribution in [2.45, 2.75) is 26.7 Å². The lowest BCUT2D eigenvalue weighted by molar-refractivity contribution is 0.0786. The summed E-state index contributed by atoms with van der Waals surface area (Å²) in [5.74, 6) is 0.0547. The van der Waals surface area contributed by atoms with Crippen molar-refractivity contribution >= 4 is 5.91 Å². The number of carbonyl (C=O) groups excluding carboxylic acids is 1. The molecule has 3 rings (SSSR count). The fraction of sp³-hybridized carbons (Fsp3) is 0.412. The van der Waals surface area contributed by atoms with Crippen molar-refractivity contribution in [3.63, 3.8) is 0 Å². The van der Waals surface area contributed by atoms with Gasteiger partial charge in [0.1, 0.15) is 0 Å². The lowest BCUT2D eigenvalue weighted by atomic mass is 10.0. The third kappa shape index (κ3) is 2.58. The van der Waals surface area contributed by atoms with Crippen LogP contribution in [0.2, 0.25) is 0 Å². The van der Waals surface area contributed by atoms with Gasteiger partial charge in [-0.2, -0.15) is 5.10 Å². The summed E-state index contributed by atoms with van der Waals surface area (Å²) >= 11 is 0. The third-order valence-corrected chi connectivity index (χ3v) is 4.15. The summed E-state index contributed by atoms with van der Waals surface area (Å²) < 4.78 is 1.81. The third-order valence-electron chi connectivity index (χ3n) is 4.15. The Balaban J connectivity index is 1.95. The molecule has 0 radical (unpaired) electrons. The second-order valence-corrected chi connectivity index (χ2v) is 5.86. The van der Waals surface area contributed by atoms with Gasteiger partial charge >= 0.3 is 0 Å². The minimum absolute atomic E-state index is 0.0547. The maximum absolute atomic E-state index is 12.4. The molecule has 1 aromatic carbocycles. The van der Waals surface area contributed by atoms with Gasteiger partial charge in [0.2, 0.25) is 0 Å². The minimum Gasteiger partial charge on any atom is -0.337 e. The first-order chi connectivity index (χ1) is 10.1. The monoisotopic (exact) mass is 283 g/mol. The first-order valence-corrected chi connectivity index (χ1v) is 7.47. The quantitative estimate of drug-likeness (QED) is 0.850. The highest BCUT2D eigenvalue weighted by Gasteiger charge is 2.23. The smallest absolute Gasteiger partial charge is 0.274 e. The highest BCUT2D eigenvalue weighted by Crippen LogP contribution is 2.25. The van der Waals surface area contributed by atoms with E-state index in [-0.39, 0.29) is 5.91 Å². The Bertz CT molecular complexity index is 681. The van der Waals surface area contributed by atoms with Crippen LogP contribution >= 0.6 is 0 Å². The molecule has 1 amide bonds. The highest BCUT2D eigenvalue weighted by molar-refractivity contribution is 5.93. The molecule has 0 N–H and O–H groups in total. The molecule has 2 aromatic rings. The molecular formula is C17H21N3O. The van der Waals surface area contributed by atoms with Crippen LogP contribution in [0.3, 0.4) is 0 Å². The average molecular weight is 283 g/mol.